The van der Waals surface area contributed by atoms with Crippen LogP contribution in [0.15, 0.2) is 127 Å². The van der Waals surface area contributed by atoms with Gasteiger partial charge in [0.05, 0.1) is 33.0 Å². The van der Waals surface area contributed by atoms with E-state index < -0.39 is 17.7 Å². The molecule has 59 heavy (non-hydrogen) atoms. The lowest BCUT2D eigenvalue weighted by Crippen LogP contribution is -2.42. The Kier molecular flexibility index (Phi) is 13.6. The van der Waals surface area contributed by atoms with Crippen LogP contribution in [-0.4, -0.2) is 73.8 Å². The highest BCUT2D eigenvalue weighted by atomic mass is 16.5. The van der Waals surface area contributed by atoms with Crippen LogP contribution in [0.3, 0.4) is 0 Å². The van der Waals surface area contributed by atoms with Gasteiger partial charge in [0.15, 0.2) is 0 Å². The number of aliphatic hydroxyl groups is 1. The largest absolute Gasteiger partial charge is 0.497 e. The Morgan fingerprint density at radius 2 is 1.17 bits per heavy atom. The number of likely N-dealkylation sites (tertiary alicyclic amines) is 1. The van der Waals surface area contributed by atoms with E-state index >= 15 is 0 Å². The first-order valence-corrected chi connectivity index (χ1v) is 20.6. The number of unbranched alkanes of at least 4 members (excludes halogenated alkanes) is 3. The van der Waals surface area contributed by atoms with Crippen molar-refractivity contribution in [3.63, 3.8) is 0 Å². The van der Waals surface area contributed by atoms with E-state index in [2.05, 4.69) is 24.3 Å². The molecule has 9 heteroatoms. The van der Waals surface area contributed by atoms with E-state index in [4.69, 9.17) is 18.9 Å². The average molecular weight is 796 g/mol. The predicted octanol–water partition coefficient (Wildman–Crippen LogP) is 8.63. The van der Waals surface area contributed by atoms with Crippen LogP contribution < -0.4 is 9.47 Å². The Bertz CT molecular complexity index is 2090. The molecule has 1 fully saturated rings. The Labute approximate surface area is 346 Å². The molecule has 7 rings (SSSR count). The van der Waals surface area contributed by atoms with E-state index in [0.717, 1.165) is 63.3 Å². The molecule has 0 aromatic heterocycles. The van der Waals surface area contributed by atoms with Crippen LogP contribution >= 0.6 is 0 Å². The van der Waals surface area contributed by atoms with E-state index in [-0.39, 0.29) is 49.8 Å². The lowest BCUT2D eigenvalue weighted by Gasteiger charge is -2.38. The van der Waals surface area contributed by atoms with Crippen molar-refractivity contribution in [2.45, 2.75) is 75.0 Å². The summed E-state index contributed by atoms with van der Waals surface area (Å²) in [6.45, 7) is 0.649. The van der Waals surface area contributed by atoms with Gasteiger partial charge in [-0.25, -0.2) is 0 Å². The third-order valence-electron chi connectivity index (χ3n) is 11.7. The lowest BCUT2D eigenvalue weighted by atomic mass is 9.80. The van der Waals surface area contributed by atoms with Gasteiger partial charge in [-0.05, 0) is 82.5 Å². The fourth-order valence-corrected chi connectivity index (χ4v) is 8.66. The molecule has 0 radical (unpaired) electrons. The standard InChI is InChI=1S/C50H53NO8/c1-56-41-26-22-36(23-27-41)50(35-14-6-5-7-15-35,37-24-28-42(57-2)29-25-37)59-33-38-30-40(53)32-51(38)48(54)21-9-4-3-8-16-39(52)31-49(55)58-34-47-45-19-12-10-17-43(45)44-18-11-13-20-46(44)47/h5-7,10-15,17-20,22-29,38,40,47,53H,3-4,8-9,16,21,30-34H2,1-2H3/t38-,40+/m0/s1. The van der Waals surface area contributed by atoms with Gasteiger partial charge in [-0.1, -0.05) is 116 Å². The smallest absolute Gasteiger partial charge is 0.313 e. The minimum absolute atomic E-state index is 0.0271. The Morgan fingerprint density at radius 1 is 0.644 bits per heavy atom. The monoisotopic (exact) mass is 795 g/mol. The summed E-state index contributed by atoms with van der Waals surface area (Å²) >= 11 is 0. The molecule has 1 N–H and O–H groups in total. The maximum absolute atomic E-state index is 13.7. The van der Waals surface area contributed by atoms with Crippen molar-refractivity contribution in [1.29, 1.82) is 0 Å². The maximum atomic E-state index is 13.7. The average Bonchev–Trinajstić information content (AvgIpc) is 3.81. The zero-order chi connectivity index (χ0) is 41.2. The minimum Gasteiger partial charge on any atom is -0.497 e. The zero-order valence-corrected chi connectivity index (χ0v) is 33.9. The van der Waals surface area contributed by atoms with Crippen molar-refractivity contribution in [2.75, 3.05) is 34.0 Å². The first-order valence-electron chi connectivity index (χ1n) is 20.6. The van der Waals surface area contributed by atoms with Crippen LogP contribution in [0.25, 0.3) is 11.1 Å². The number of Topliss-reactive ketones (excluding diaryl/α,β-unsaturated/α-hetero) is 1. The molecule has 2 aliphatic rings. The number of hydrogen-bond donors (Lipinski definition) is 1. The summed E-state index contributed by atoms with van der Waals surface area (Å²) < 4.78 is 23.6. The molecule has 1 aliphatic carbocycles. The number of rotatable bonds is 19. The second kappa shape index (κ2) is 19.3. The summed E-state index contributed by atoms with van der Waals surface area (Å²) in [5.74, 6) is 0.742. The fourth-order valence-electron chi connectivity index (χ4n) is 8.66. The van der Waals surface area contributed by atoms with E-state index in [1.165, 1.54) is 0 Å². The van der Waals surface area contributed by atoms with Gasteiger partial charge < -0.3 is 29.0 Å². The molecule has 9 nitrogen and oxygen atoms in total. The highest BCUT2D eigenvalue weighted by Crippen LogP contribution is 2.45. The molecule has 1 saturated heterocycles. The van der Waals surface area contributed by atoms with Crippen LogP contribution in [0, 0.1) is 0 Å². The number of ketones is 1. The second-order valence-electron chi connectivity index (χ2n) is 15.4. The Morgan fingerprint density at radius 3 is 1.75 bits per heavy atom. The minimum atomic E-state index is -1.04. The second-order valence-corrected chi connectivity index (χ2v) is 15.4. The molecule has 1 aliphatic heterocycles. The van der Waals surface area contributed by atoms with Crippen LogP contribution in [0.5, 0.6) is 11.5 Å². The van der Waals surface area contributed by atoms with E-state index in [1.54, 1.807) is 19.1 Å². The van der Waals surface area contributed by atoms with Gasteiger partial charge in [-0.2, -0.15) is 0 Å². The number of nitrogens with zero attached hydrogens (tertiary/aromatic N) is 1. The van der Waals surface area contributed by atoms with Crippen molar-refractivity contribution < 1.29 is 38.4 Å². The molecule has 0 spiro atoms. The number of fused-ring (bicyclic) bond motifs is 3. The molecule has 0 unspecified atom stereocenters. The van der Waals surface area contributed by atoms with Crippen molar-refractivity contribution in [3.05, 3.63) is 155 Å². The number of β-amino-alcohol motifs (C(OH)–C–C–N with tert-alkyl or cyclic N) is 1. The number of aliphatic hydroxyl groups excluding tert-OH is 1. The van der Waals surface area contributed by atoms with Crippen molar-refractivity contribution >= 4 is 17.7 Å². The number of benzene rings is 5. The summed E-state index contributed by atoms with van der Waals surface area (Å²) in [5, 5.41) is 10.8. The number of methoxy groups -OCH3 is 2. The van der Waals surface area contributed by atoms with Gasteiger partial charge in [0, 0.05) is 25.3 Å². The van der Waals surface area contributed by atoms with Gasteiger partial charge in [0.2, 0.25) is 5.91 Å². The van der Waals surface area contributed by atoms with Gasteiger partial charge in [0.25, 0.3) is 0 Å². The topological polar surface area (TPSA) is 112 Å². The van der Waals surface area contributed by atoms with Crippen LogP contribution in [0.2, 0.25) is 0 Å². The van der Waals surface area contributed by atoms with E-state index in [0.29, 0.717) is 32.1 Å². The first kappa shape index (κ1) is 41.4. The van der Waals surface area contributed by atoms with Crippen LogP contribution in [-0.2, 0) is 29.5 Å². The molecule has 2 atom stereocenters. The SMILES string of the molecule is COc1ccc(C(OC[C@@H]2C[C@@H](O)CN2C(=O)CCCCCCC(=O)CC(=O)OCC2c3ccccc3-c3ccccc32)(c2ccccc2)c2ccc(OC)cc2)cc1. The number of carbonyl (C=O) groups is 3. The van der Waals surface area contributed by atoms with Gasteiger partial charge in [-0.15, -0.1) is 0 Å². The lowest BCUT2D eigenvalue weighted by molar-refractivity contribution is -0.146. The molecule has 306 valence electrons. The molecular weight excluding hydrogens is 743 g/mol. The Balaban J connectivity index is 0.902. The zero-order valence-electron chi connectivity index (χ0n) is 33.9. The number of hydrogen-bond acceptors (Lipinski definition) is 8. The van der Waals surface area contributed by atoms with Gasteiger partial charge in [0.1, 0.15) is 35.9 Å². The van der Waals surface area contributed by atoms with E-state index in [9.17, 15) is 19.5 Å². The Hall–Kier alpha value is -5.77. The summed E-state index contributed by atoms with van der Waals surface area (Å²) in [7, 11) is 3.27. The molecular formula is C50H53NO8. The summed E-state index contributed by atoms with van der Waals surface area (Å²) in [4.78, 5) is 40.8. The maximum Gasteiger partial charge on any atom is 0.313 e. The molecule has 0 saturated carbocycles. The van der Waals surface area contributed by atoms with Crippen LogP contribution in [0.1, 0.15) is 85.1 Å². The highest BCUT2D eigenvalue weighted by molar-refractivity contribution is 5.95. The number of ether oxygens (including phenoxy) is 4. The van der Waals surface area contributed by atoms with Crippen molar-refractivity contribution in [3.8, 4) is 22.6 Å². The third-order valence-corrected chi connectivity index (χ3v) is 11.7. The summed E-state index contributed by atoms with van der Waals surface area (Å²) in [6, 6.07) is 41.6. The van der Waals surface area contributed by atoms with Crippen molar-refractivity contribution in [1.82, 2.24) is 4.90 Å². The molecule has 1 heterocycles. The molecule has 5 aromatic rings. The summed E-state index contributed by atoms with van der Waals surface area (Å²) in [5.41, 5.74) is 6.25. The summed E-state index contributed by atoms with van der Waals surface area (Å²) in [6.07, 6.45) is 2.98. The fraction of sp³-hybridized carbons (Fsp3) is 0.340. The third kappa shape index (κ3) is 9.43. The quantitative estimate of drug-likeness (QED) is 0.0383. The number of esters is 1. The molecule has 1 amide bonds. The normalized spacial score (nSPS) is 16.0. The van der Waals surface area contributed by atoms with Crippen molar-refractivity contribution in [2.24, 2.45) is 0 Å². The first-order chi connectivity index (χ1) is 28.8. The van der Waals surface area contributed by atoms with Gasteiger partial charge in [-0.3, -0.25) is 14.4 Å². The number of carbonyl (C=O) groups excluding carboxylic acids is 3. The molecule has 5 aromatic carbocycles. The van der Waals surface area contributed by atoms with Crippen LogP contribution in [0.4, 0.5) is 0 Å². The number of amides is 1. The predicted molar refractivity (Wildman–Crippen MR) is 226 cm³/mol. The highest BCUT2D eigenvalue weighted by Gasteiger charge is 2.41. The van der Waals surface area contributed by atoms with Gasteiger partial charge >= 0.3 is 5.97 Å². The molecule has 0 bridgehead atoms. The van der Waals surface area contributed by atoms with E-state index in [1.807, 2.05) is 103 Å².